The molecule has 3 N–H and O–H groups in total. The number of hydrogen-bond donors (Lipinski definition) is 2. The predicted octanol–water partition coefficient (Wildman–Crippen LogP) is 2.45. The van der Waals surface area contributed by atoms with Gasteiger partial charge in [0, 0.05) is 30.8 Å². The van der Waals surface area contributed by atoms with Crippen LogP contribution in [-0.2, 0) is 4.79 Å². The SMILES string of the molecule is Cl.NC[C@@H]1CN(CC(=O)Nc2ccc3c(c2)OCO3)C[C@H]1c1ccccc1. The molecule has 0 unspecified atom stereocenters. The Bertz CT molecular complexity index is 787. The number of nitrogens with zero attached hydrogens (tertiary/aromatic N) is 1. The summed E-state index contributed by atoms with van der Waals surface area (Å²) in [6, 6.07) is 15.8. The van der Waals surface area contributed by atoms with Gasteiger partial charge in [-0.05, 0) is 30.2 Å². The molecular weight excluding hydrogens is 366 g/mol. The molecule has 2 heterocycles. The highest BCUT2D eigenvalue weighted by Gasteiger charge is 2.33. The van der Waals surface area contributed by atoms with Crippen LogP contribution in [-0.4, -0.2) is 43.8 Å². The number of anilines is 1. The molecule has 0 spiro atoms. The first-order valence-corrected chi connectivity index (χ1v) is 8.90. The molecule has 2 aliphatic heterocycles. The summed E-state index contributed by atoms with van der Waals surface area (Å²) in [5.74, 6) is 2.08. The van der Waals surface area contributed by atoms with Crippen molar-refractivity contribution in [3.8, 4) is 11.5 Å². The fourth-order valence-electron chi connectivity index (χ4n) is 3.78. The maximum absolute atomic E-state index is 12.5. The number of amides is 1. The fourth-order valence-corrected chi connectivity index (χ4v) is 3.78. The lowest BCUT2D eigenvalue weighted by Gasteiger charge is -2.16. The third-order valence-electron chi connectivity index (χ3n) is 5.07. The topological polar surface area (TPSA) is 76.8 Å². The zero-order valence-electron chi connectivity index (χ0n) is 15.0. The van der Waals surface area contributed by atoms with Crippen molar-refractivity contribution >= 4 is 24.0 Å². The highest BCUT2D eigenvalue weighted by molar-refractivity contribution is 5.92. The van der Waals surface area contributed by atoms with Crippen molar-refractivity contribution in [2.45, 2.75) is 5.92 Å². The lowest BCUT2D eigenvalue weighted by molar-refractivity contribution is -0.117. The summed E-state index contributed by atoms with van der Waals surface area (Å²) < 4.78 is 10.6. The number of nitrogens with two attached hydrogens (primary N) is 1. The lowest BCUT2D eigenvalue weighted by Crippen LogP contribution is -2.32. The van der Waals surface area contributed by atoms with E-state index in [1.54, 1.807) is 6.07 Å². The van der Waals surface area contributed by atoms with Crippen LogP contribution in [0.5, 0.6) is 11.5 Å². The third kappa shape index (κ3) is 4.35. The fraction of sp³-hybridized carbons (Fsp3) is 0.350. The minimum atomic E-state index is -0.0339. The van der Waals surface area contributed by atoms with Crippen LogP contribution in [0.1, 0.15) is 11.5 Å². The second-order valence-corrected chi connectivity index (χ2v) is 6.82. The number of carbonyl (C=O) groups is 1. The molecule has 0 radical (unpaired) electrons. The van der Waals surface area contributed by atoms with Crippen molar-refractivity contribution in [1.82, 2.24) is 4.90 Å². The highest BCUT2D eigenvalue weighted by Crippen LogP contribution is 2.34. The number of fused-ring (bicyclic) bond motifs is 1. The molecule has 2 aromatic carbocycles. The normalized spacial score (nSPS) is 20.9. The molecule has 0 aliphatic carbocycles. The monoisotopic (exact) mass is 389 g/mol. The second kappa shape index (κ2) is 8.61. The van der Waals surface area contributed by atoms with Crippen LogP contribution in [0, 0.1) is 5.92 Å². The number of hydrogen-bond acceptors (Lipinski definition) is 5. The summed E-state index contributed by atoms with van der Waals surface area (Å²) in [6.45, 7) is 2.89. The van der Waals surface area contributed by atoms with Gasteiger partial charge in [0.15, 0.2) is 11.5 Å². The Morgan fingerprint density at radius 1 is 1.11 bits per heavy atom. The van der Waals surface area contributed by atoms with Crippen LogP contribution >= 0.6 is 12.4 Å². The van der Waals surface area contributed by atoms with Crippen LogP contribution in [0.4, 0.5) is 5.69 Å². The minimum Gasteiger partial charge on any atom is -0.454 e. The largest absolute Gasteiger partial charge is 0.454 e. The molecule has 7 heteroatoms. The van der Waals surface area contributed by atoms with Crippen molar-refractivity contribution in [2.75, 3.05) is 38.3 Å². The standard InChI is InChI=1S/C20H23N3O3.ClH/c21-9-15-10-23(11-17(15)14-4-2-1-3-5-14)12-20(24)22-16-6-7-18-19(8-16)26-13-25-18;/h1-8,15,17H,9-13,21H2,(H,22,24);1H/t15-,17+;/m1./s1. The number of benzene rings is 2. The number of rotatable bonds is 5. The van der Waals surface area contributed by atoms with Crippen molar-refractivity contribution < 1.29 is 14.3 Å². The van der Waals surface area contributed by atoms with Gasteiger partial charge in [-0.25, -0.2) is 0 Å². The van der Waals surface area contributed by atoms with Crippen LogP contribution in [0.25, 0.3) is 0 Å². The first-order chi connectivity index (χ1) is 12.7. The zero-order chi connectivity index (χ0) is 17.9. The van der Waals surface area contributed by atoms with E-state index in [-0.39, 0.29) is 25.1 Å². The van der Waals surface area contributed by atoms with E-state index in [0.717, 1.165) is 13.1 Å². The van der Waals surface area contributed by atoms with E-state index >= 15 is 0 Å². The van der Waals surface area contributed by atoms with Crippen molar-refractivity contribution in [2.24, 2.45) is 11.7 Å². The van der Waals surface area contributed by atoms with E-state index in [2.05, 4.69) is 34.5 Å². The van der Waals surface area contributed by atoms with Gasteiger partial charge in [0.2, 0.25) is 12.7 Å². The van der Waals surface area contributed by atoms with Crippen LogP contribution in [0.15, 0.2) is 48.5 Å². The Morgan fingerprint density at radius 3 is 2.67 bits per heavy atom. The van der Waals surface area contributed by atoms with E-state index in [1.807, 2.05) is 18.2 Å². The molecule has 0 bridgehead atoms. The van der Waals surface area contributed by atoms with Gasteiger partial charge in [0.1, 0.15) is 0 Å². The predicted molar refractivity (Wildman–Crippen MR) is 107 cm³/mol. The third-order valence-corrected chi connectivity index (χ3v) is 5.07. The van der Waals surface area contributed by atoms with Crippen LogP contribution < -0.4 is 20.5 Å². The molecular formula is C20H24ClN3O3. The first kappa shape index (κ1) is 19.5. The molecule has 0 aromatic heterocycles. The maximum Gasteiger partial charge on any atom is 0.238 e. The molecule has 27 heavy (non-hydrogen) atoms. The quantitative estimate of drug-likeness (QED) is 0.821. The van der Waals surface area contributed by atoms with E-state index in [0.29, 0.717) is 42.1 Å². The number of carbonyl (C=O) groups excluding carboxylic acids is 1. The smallest absolute Gasteiger partial charge is 0.238 e. The average Bonchev–Trinajstić information content (AvgIpc) is 3.28. The van der Waals surface area contributed by atoms with Gasteiger partial charge < -0.3 is 20.5 Å². The van der Waals surface area contributed by atoms with Crippen molar-refractivity contribution in [3.05, 3.63) is 54.1 Å². The Kier molecular flexibility index (Phi) is 6.21. The molecule has 1 fully saturated rings. The van der Waals surface area contributed by atoms with E-state index < -0.39 is 0 Å². The van der Waals surface area contributed by atoms with Crippen LogP contribution in [0.2, 0.25) is 0 Å². The summed E-state index contributed by atoms with van der Waals surface area (Å²) in [5.41, 5.74) is 7.99. The Hall–Kier alpha value is -2.28. The van der Waals surface area contributed by atoms with Crippen molar-refractivity contribution in [1.29, 1.82) is 0 Å². The van der Waals surface area contributed by atoms with Gasteiger partial charge in [-0.2, -0.15) is 0 Å². The van der Waals surface area contributed by atoms with Gasteiger partial charge in [-0.3, -0.25) is 9.69 Å². The van der Waals surface area contributed by atoms with E-state index in [4.69, 9.17) is 15.2 Å². The van der Waals surface area contributed by atoms with Gasteiger partial charge in [0.05, 0.1) is 6.54 Å². The van der Waals surface area contributed by atoms with Gasteiger partial charge >= 0.3 is 0 Å². The number of likely N-dealkylation sites (tertiary alicyclic amines) is 1. The summed E-state index contributed by atoms with van der Waals surface area (Å²) in [6.07, 6.45) is 0. The number of ether oxygens (including phenoxy) is 2. The number of nitrogens with one attached hydrogen (secondary N) is 1. The average molecular weight is 390 g/mol. The van der Waals surface area contributed by atoms with Gasteiger partial charge in [0.25, 0.3) is 0 Å². The highest BCUT2D eigenvalue weighted by atomic mass is 35.5. The summed E-state index contributed by atoms with van der Waals surface area (Å²) in [4.78, 5) is 14.6. The minimum absolute atomic E-state index is 0. The molecule has 6 nitrogen and oxygen atoms in total. The second-order valence-electron chi connectivity index (χ2n) is 6.82. The summed E-state index contributed by atoms with van der Waals surface area (Å²) in [7, 11) is 0. The molecule has 2 atom stereocenters. The van der Waals surface area contributed by atoms with E-state index in [1.165, 1.54) is 5.56 Å². The van der Waals surface area contributed by atoms with Crippen molar-refractivity contribution in [3.63, 3.8) is 0 Å². The summed E-state index contributed by atoms with van der Waals surface area (Å²) in [5, 5.41) is 2.94. The Morgan fingerprint density at radius 2 is 1.89 bits per heavy atom. The number of halogens is 1. The molecule has 0 saturated carbocycles. The maximum atomic E-state index is 12.5. The lowest BCUT2D eigenvalue weighted by atomic mass is 9.89. The molecule has 2 aliphatic rings. The Labute approximate surface area is 165 Å². The van der Waals surface area contributed by atoms with Gasteiger partial charge in [-0.1, -0.05) is 30.3 Å². The molecule has 1 saturated heterocycles. The zero-order valence-corrected chi connectivity index (χ0v) is 15.8. The Balaban J connectivity index is 0.00000210. The summed E-state index contributed by atoms with van der Waals surface area (Å²) >= 11 is 0. The van der Waals surface area contributed by atoms with Gasteiger partial charge in [-0.15, -0.1) is 12.4 Å². The first-order valence-electron chi connectivity index (χ1n) is 8.90. The molecule has 144 valence electrons. The molecule has 2 aromatic rings. The van der Waals surface area contributed by atoms with Crippen LogP contribution in [0.3, 0.4) is 0 Å². The molecule has 1 amide bonds. The molecule has 4 rings (SSSR count). The van der Waals surface area contributed by atoms with E-state index in [9.17, 15) is 4.79 Å².